The molecular formula is C42H28O. The first-order valence-electron chi connectivity index (χ1n) is 14.9. The average Bonchev–Trinajstić information content (AvgIpc) is 3.43. The van der Waals surface area contributed by atoms with Gasteiger partial charge in [-0.25, -0.2) is 0 Å². The molecule has 0 saturated heterocycles. The van der Waals surface area contributed by atoms with Gasteiger partial charge < -0.3 is 4.42 Å². The largest absolute Gasteiger partial charge is 0.455 e. The third kappa shape index (κ3) is 3.58. The molecule has 0 spiro atoms. The molecule has 0 aliphatic heterocycles. The van der Waals surface area contributed by atoms with Gasteiger partial charge in [0.25, 0.3) is 0 Å². The Labute approximate surface area is 250 Å². The van der Waals surface area contributed by atoms with Gasteiger partial charge in [0.05, 0.1) is 0 Å². The molecule has 0 saturated carbocycles. The minimum atomic E-state index is 0.928. The highest BCUT2D eigenvalue weighted by atomic mass is 16.3. The lowest BCUT2D eigenvalue weighted by Gasteiger charge is -2.17. The summed E-state index contributed by atoms with van der Waals surface area (Å²) in [5, 5.41) is 10.2. The van der Waals surface area contributed by atoms with Crippen molar-refractivity contribution in [3.8, 4) is 33.4 Å². The number of hydrogen-bond donors (Lipinski definition) is 0. The molecule has 0 unspecified atom stereocenters. The first-order valence-corrected chi connectivity index (χ1v) is 14.9. The van der Waals surface area contributed by atoms with Crippen molar-refractivity contribution in [2.75, 3.05) is 0 Å². The van der Waals surface area contributed by atoms with Gasteiger partial charge in [0.2, 0.25) is 0 Å². The number of fused-ring (bicyclic) bond motifs is 3. The molecule has 0 amide bonds. The van der Waals surface area contributed by atoms with Crippen LogP contribution in [0.2, 0.25) is 0 Å². The Kier molecular flexibility index (Phi) is 5.10. The number of furan rings is 1. The molecule has 202 valence electrons. The molecule has 0 radical (unpaired) electrons. The Morgan fingerprint density at radius 3 is 1.81 bits per heavy atom. The first kappa shape index (κ1) is 24.2. The normalized spacial score (nSPS) is 12.0. The van der Waals surface area contributed by atoms with Gasteiger partial charge in [-0.05, 0) is 85.6 Å². The highest BCUT2D eigenvalue weighted by Crippen LogP contribution is 2.43. The van der Waals surface area contributed by atoms with Crippen LogP contribution in [0.25, 0.3) is 87.6 Å². The minimum Gasteiger partial charge on any atom is -0.455 e. The zero-order valence-corrected chi connectivity index (χ0v) is 24.1. The van der Waals surface area contributed by atoms with Crippen LogP contribution in [-0.4, -0.2) is 0 Å². The van der Waals surface area contributed by atoms with Gasteiger partial charge in [-0.2, -0.15) is 0 Å². The van der Waals surface area contributed by atoms with Crippen LogP contribution in [-0.2, 0) is 0 Å². The smallest absolute Gasteiger partial charge is 0.143 e. The molecule has 8 aromatic carbocycles. The molecule has 0 atom stereocenters. The van der Waals surface area contributed by atoms with Crippen LogP contribution < -0.4 is 0 Å². The Hall–Kier alpha value is -5.40. The molecule has 0 aliphatic carbocycles. The molecule has 9 aromatic rings. The summed E-state index contributed by atoms with van der Waals surface area (Å²) in [5.74, 6) is 0. The summed E-state index contributed by atoms with van der Waals surface area (Å²) in [6, 6.07) is 48.8. The molecule has 43 heavy (non-hydrogen) atoms. The lowest BCUT2D eigenvalue weighted by molar-refractivity contribution is 0.670. The lowest BCUT2D eigenvalue weighted by Crippen LogP contribution is -1.91. The number of benzene rings is 8. The fourth-order valence-corrected chi connectivity index (χ4v) is 7.13. The van der Waals surface area contributed by atoms with E-state index in [-0.39, 0.29) is 0 Å². The van der Waals surface area contributed by atoms with E-state index in [1.54, 1.807) is 0 Å². The van der Waals surface area contributed by atoms with E-state index in [4.69, 9.17) is 4.42 Å². The van der Waals surface area contributed by atoms with Crippen molar-refractivity contribution in [2.45, 2.75) is 13.8 Å². The molecule has 0 aliphatic rings. The Morgan fingerprint density at radius 1 is 0.419 bits per heavy atom. The van der Waals surface area contributed by atoms with Gasteiger partial charge in [0, 0.05) is 16.3 Å². The zero-order chi connectivity index (χ0) is 28.7. The van der Waals surface area contributed by atoms with Crippen molar-refractivity contribution >= 4 is 54.3 Å². The fraction of sp³-hybridized carbons (Fsp3) is 0.0476. The van der Waals surface area contributed by atoms with Gasteiger partial charge in [-0.3, -0.25) is 0 Å². The predicted octanol–water partition coefficient (Wildman–Crippen LogP) is 12.1. The van der Waals surface area contributed by atoms with Crippen LogP contribution in [0.15, 0.2) is 138 Å². The predicted molar refractivity (Wildman–Crippen MR) is 183 cm³/mol. The number of aryl methyl sites for hydroxylation is 2. The van der Waals surface area contributed by atoms with Crippen molar-refractivity contribution in [3.63, 3.8) is 0 Å². The number of rotatable bonds is 3. The third-order valence-electron chi connectivity index (χ3n) is 9.26. The highest BCUT2D eigenvalue weighted by molar-refractivity contribution is 6.27. The summed E-state index contributed by atoms with van der Waals surface area (Å²) < 4.78 is 6.36. The molecule has 1 aromatic heterocycles. The van der Waals surface area contributed by atoms with Crippen molar-refractivity contribution in [1.29, 1.82) is 0 Å². The van der Waals surface area contributed by atoms with E-state index in [9.17, 15) is 0 Å². The van der Waals surface area contributed by atoms with E-state index in [1.165, 1.54) is 71.3 Å². The molecular weight excluding hydrogens is 520 g/mol. The van der Waals surface area contributed by atoms with Crippen LogP contribution in [0.1, 0.15) is 11.1 Å². The molecule has 0 bridgehead atoms. The number of hydrogen-bond acceptors (Lipinski definition) is 1. The average molecular weight is 549 g/mol. The summed E-state index contributed by atoms with van der Waals surface area (Å²) >= 11 is 0. The topological polar surface area (TPSA) is 13.1 Å². The van der Waals surface area contributed by atoms with Crippen molar-refractivity contribution in [2.24, 2.45) is 0 Å². The van der Waals surface area contributed by atoms with Crippen LogP contribution in [0, 0.1) is 13.8 Å². The first-order chi connectivity index (χ1) is 21.1. The highest BCUT2D eigenvalue weighted by Gasteiger charge is 2.17. The number of para-hydroxylation sites is 2. The van der Waals surface area contributed by atoms with Gasteiger partial charge in [0.1, 0.15) is 11.2 Å². The van der Waals surface area contributed by atoms with E-state index < -0.39 is 0 Å². The van der Waals surface area contributed by atoms with Crippen LogP contribution in [0.4, 0.5) is 0 Å². The molecule has 1 heteroatoms. The maximum absolute atomic E-state index is 6.36. The molecule has 0 N–H and O–H groups in total. The summed E-state index contributed by atoms with van der Waals surface area (Å²) in [5.41, 5.74) is 11.8. The van der Waals surface area contributed by atoms with E-state index in [1.807, 2.05) is 12.1 Å². The summed E-state index contributed by atoms with van der Waals surface area (Å²) in [6.07, 6.45) is 0. The van der Waals surface area contributed by atoms with Crippen molar-refractivity contribution < 1.29 is 4.42 Å². The van der Waals surface area contributed by atoms with E-state index in [0.29, 0.717) is 0 Å². The standard InChI is InChI=1S/C42H28O/c1-25-10-12-27(13-11-25)32-20-14-28-17-23-37-34(21-15-29-16-22-36(32)40(28)41(29)37)31-19-18-30(24-26(31)2)33-7-5-8-38-35-6-3-4-9-39(35)43-42(33)38/h3-24H,1-2H3. The maximum atomic E-state index is 6.36. The summed E-state index contributed by atoms with van der Waals surface area (Å²) in [7, 11) is 0. The van der Waals surface area contributed by atoms with E-state index in [0.717, 1.165) is 27.5 Å². The molecule has 9 rings (SSSR count). The quantitative estimate of drug-likeness (QED) is 0.200. The fourth-order valence-electron chi connectivity index (χ4n) is 7.13. The van der Waals surface area contributed by atoms with Crippen molar-refractivity contribution in [3.05, 3.63) is 145 Å². The summed E-state index contributed by atoms with van der Waals surface area (Å²) in [4.78, 5) is 0. The third-order valence-corrected chi connectivity index (χ3v) is 9.26. The second kappa shape index (κ2) is 9.05. The molecule has 1 nitrogen and oxygen atoms in total. The minimum absolute atomic E-state index is 0.928. The van der Waals surface area contributed by atoms with E-state index in [2.05, 4.69) is 135 Å². The van der Waals surface area contributed by atoms with Crippen LogP contribution >= 0.6 is 0 Å². The second-order valence-electron chi connectivity index (χ2n) is 11.8. The van der Waals surface area contributed by atoms with Crippen molar-refractivity contribution in [1.82, 2.24) is 0 Å². The van der Waals surface area contributed by atoms with Crippen LogP contribution in [0.3, 0.4) is 0 Å². The van der Waals surface area contributed by atoms with Gasteiger partial charge in [0.15, 0.2) is 0 Å². The Bertz CT molecular complexity index is 2510. The van der Waals surface area contributed by atoms with Crippen LogP contribution in [0.5, 0.6) is 0 Å². The zero-order valence-electron chi connectivity index (χ0n) is 24.1. The monoisotopic (exact) mass is 548 g/mol. The van der Waals surface area contributed by atoms with E-state index >= 15 is 0 Å². The lowest BCUT2D eigenvalue weighted by atomic mass is 9.86. The SMILES string of the molecule is Cc1ccc(-c2ccc3ccc4c(-c5ccc(-c6cccc7c6oc6ccccc67)cc5C)ccc5ccc2c3c54)cc1. The van der Waals surface area contributed by atoms with Gasteiger partial charge >= 0.3 is 0 Å². The molecule has 1 heterocycles. The Balaban J connectivity index is 1.23. The van der Waals surface area contributed by atoms with Gasteiger partial charge in [-0.15, -0.1) is 0 Å². The Morgan fingerprint density at radius 2 is 1.05 bits per heavy atom. The second-order valence-corrected chi connectivity index (χ2v) is 11.8. The summed E-state index contributed by atoms with van der Waals surface area (Å²) in [6.45, 7) is 4.37. The molecule has 0 fully saturated rings. The maximum Gasteiger partial charge on any atom is 0.143 e. The van der Waals surface area contributed by atoms with Gasteiger partial charge in [-0.1, -0.05) is 133 Å².